The lowest BCUT2D eigenvalue weighted by atomic mass is 9.95. The van der Waals surface area contributed by atoms with Crippen LogP contribution in [0.5, 0.6) is 0 Å². The van der Waals surface area contributed by atoms with E-state index in [0.717, 1.165) is 24.2 Å². The predicted molar refractivity (Wildman–Crippen MR) is 117 cm³/mol. The van der Waals surface area contributed by atoms with Crippen LogP contribution in [-0.2, 0) is 11.2 Å². The van der Waals surface area contributed by atoms with Crippen molar-refractivity contribution in [3.05, 3.63) is 95.1 Å². The van der Waals surface area contributed by atoms with Gasteiger partial charge in [0.2, 0.25) is 5.91 Å². The zero-order valence-corrected chi connectivity index (χ0v) is 16.7. The summed E-state index contributed by atoms with van der Waals surface area (Å²) in [5, 5.41) is 3.02. The molecule has 0 spiro atoms. The number of carbonyl (C=O) groups excluding carboxylic acids is 2. The van der Waals surface area contributed by atoms with Gasteiger partial charge in [-0.25, -0.2) is 0 Å². The monoisotopic (exact) mass is 384 g/mol. The van der Waals surface area contributed by atoms with Crippen molar-refractivity contribution in [2.24, 2.45) is 0 Å². The first-order valence-electron chi connectivity index (χ1n) is 9.87. The Morgan fingerprint density at radius 2 is 1.69 bits per heavy atom. The van der Waals surface area contributed by atoms with E-state index < -0.39 is 0 Å². The molecule has 29 heavy (non-hydrogen) atoms. The Balaban J connectivity index is 1.51. The van der Waals surface area contributed by atoms with Crippen LogP contribution in [0.3, 0.4) is 0 Å². The van der Waals surface area contributed by atoms with Crippen LogP contribution in [0.25, 0.3) is 0 Å². The lowest BCUT2D eigenvalue weighted by Crippen LogP contribution is -2.19. The Morgan fingerprint density at radius 3 is 2.48 bits per heavy atom. The molecule has 1 aliphatic heterocycles. The first-order chi connectivity index (χ1) is 14.0. The van der Waals surface area contributed by atoms with Gasteiger partial charge in [0, 0.05) is 36.1 Å². The van der Waals surface area contributed by atoms with Crippen molar-refractivity contribution in [3.63, 3.8) is 0 Å². The number of nitrogens with one attached hydrogen (secondary N) is 1. The topological polar surface area (TPSA) is 49.4 Å². The molecule has 4 nitrogen and oxygen atoms in total. The fourth-order valence-corrected chi connectivity index (χ4v) is 3.72. The molecule has 0 aliphatic carbocycles. The number of amides is 1. The van der Waals surface area contributed by atoms with Gasteiger partial charge in [-0.05, 0) is 42.7 Å². The second kappa shape index (κ2) is 7.92. The molecule has 146 valence electrons. The number of fused-ring (bicyclic) bond motifs is 1. The molecule has 1 unspecified atom stereocenters. The molecular formula is C25H24N2O2. The molecule has 1 amide bonds. The number of carbonyl (C=O) groups is 2. The van der Waals surface area contributed by atoms with Crippen LogP contribution < -0.4 is 10.2 Å². The number of anilines is 2. The van der Waals surface area contributed by atoms with Crippen molar-refractivity contribution in [2.45, 2.75) is 19.3 Å². The molecule has 1 heterocycles. The molecular weight excluding hydrogens is 360 g/mol. The van der Waals surface area contributed by atoms with Crippen molar-refractivity contribution in [1.82, 2.24) is 0 Å². The second-order valence-electron chi connectivity index (χ2n) is 7.55. The van der Waals surface area contributed by atoms with Crippen molar-refractivity contribution < 1.29 is 9.59 Å². The van der Waals surface area contributed by atoms with Gasteiger partial charge >= 0.3 is 0 Å². The number of rotatable bonds is 5. The van der Waals surface area contributed by atoms with Crippen LogP contribution >= 0.6 is 0 Å². The Bertz CT molecular complexity index is 1060. The zero-order chi connectivity index (χ0) is 20.4. The molecule has 0 saturated carbocycles. The Labute approximate surface area is 171 Å². The van der Waals surface area contributed by atoms with Crippen LogP contribution in [0.4, 0.5) is 11.4 Å². The highest BCUT2D eigenvalue weighted by Gasteiger charge is 2.20. The van der Waals surface area contributed by atoms with E-state index in [4.69, 9.17) is 0 Å². The minimum absolute atomic E-state index is 0.0401. The zero-order valence-electron chi connectivity index (χ0n) is 16.7. The smallest absolute Gasteiger partial charge is 0.231 e. The van der Waals surface area contributed by atoms with Gasteiger partial charge < -0.3 is 10.2 Å². The van der Waals surface area contributed by atoms with E-state index in [-0.39, 0.29) is 17.6 Å². The summed E-state index contributed by atoms with van der Waals surface area (Å²) in [6.45, 7) is 2.87. The Morgan fingerprint density at radius 1 is 0.931 bits per heavy atom. The third-order valence-electron chi connectivity index (χ3n) is 5.56. The summed E-state index contributed by atoms with van der Waals surface area (Å²) >= 11 is 0. The first kappa shape index (κ1) is 18.9. The van der Waals surface area contributed by atoms with Crippen molar-refractivity contribution >= 4 is 23.1 Å². The van der Waals surface area contributed by atoms with Gasteiger partial charge in [0.05, 0.1) is 5.92 Å². The van der Waals surface area contributed by atoms with Gasteiger partial charge in [-0.2, -0.15) is 0 Å². The van der Waals surface area contributed by atoms with Gasteiger partial charge in [0.25, 0.3) is 0 Å². The van der Waals surface area contributed by atoms with Crippen molar-refractivity contribution in [3.8, 4) is 0 Å². The van der Waals surface area contributed by atoms with Gasteiger partial charge in [-0.15, -0.1) is 0 Å². The van der Waals surface area contributed by atoms with Gasteiger partial charge in [-0.1, -0.05) is 54.6 Å². The number of benzene rings is 3. The van der Waals surface area contributed by atoms with E-state index in [1.807, 2.05) is 55.5 Å². The molecule has 1 N–H and O–H groups in total. The number of likely N-dealkylation sites (N-methyl/N-ethyl adjacent to an activating group) is 1. The maximum absolute atomic E-state index is 12.8. The highest BCUT2D eigenvalue weighted by molar-refractivity contribution is 6.09. The van der Waals surface area contributed by atoms with E-state index in [9.17, 15) is 9.59 Å². The molecule has 0 aromatic heterocycles. The molecule has 0 fully saturated rings. The maximum Gasteiger partial charge on any atom is 0.231 e. The predicted octanol–water partition coefficient (Wildman–Crippen LogP) is 4.65. The standard InChI is InChI=1S/C25H24N2O2/c1-17(25(29)26-22-12-11-18-13-14-27(2)23(18)16-22)20-9-6-10-21(15-20)24(28)19-7-4-3-5-8-19/h3-12,15-17H,13-14H2,1-2H3,(H,26,29). The highest BCUT2D eigenvalue weighted by Crippen LogP contribution is 2.30. The van der Waals surface area contributed by atoms with E-state index >= 15 is 0 Å². The molecule has 1 aliphatic rings. The van der Waals surface area contributed by atoms with Crippen molar-refractivity contribution in [2.75, 3.05) is 23.8 Å². The molecule has 0 bridgehead atoms. The number of nitrogens with zero attached hydrogens (tertiary/aromatic N) is 1. The average molecular weight is 384 g/mol. The quantitative estimate of drug-likeness (QED) is 0.652. The molecule has 1 atom stereocenters. The Kier molecular flexibility index (Phi) is 5.17. The minimum atomic E-state index is -0.371. The first-order valence-corrected chi connectivity index (χ1v) is 9.87. The van der Waals surface area contributed by atoms with Gasteiger partial charge in [0.1, 0.15) is 0 Å². The SMILES string of the molecule is CC(C(=O)Nc1ccc2c(c1)N(C)CC2)c1cccc(C(=O)c2ccccc2)c1. The van der Waals surface area contributed by atoms with Crippen LogP contribution in [0.15, 0.2) is 72.8 Å². The number of hydrogen-bond donors (Lipinski definition) is 1. The molecule has 3 aromatic rings. The molecule has 0 saturated heterocycles. The van der Waals surface area contributed by atoms with Crippen LogP contribution in [-0.4, -0.2) is 25.3 Å². The summed E-state index contributed by atoms with van der Waals surface area (Å²) in [5.41, 5.74) is 5.33. The summed E-state index contributed by atoms with van der Waals surface area (Å²) in [7, 11) is 2.06. The largest absolute Gasteiger partial charge is 0.374 e. The highest BCUT2D eigenvalue weighted by atomic mass is 16.2. The lowest BCUT2D eigenvalue weighted by molar-refractivity contribution is -0.117. The minimum Gasteiger partial charge on any atom is -0.374 e. The Hall–Kier alpha value is -3.40. The summed E-state index contributed by atoms with van der Waals surface area (Å²) in [6.07, 6.45) is 1.04. The normalized spacial score (nSPS) is 13.7. The van der Waals surface area contributed by atoms with Crippen LogP contribution in [0.2, 0.25) is 0 Å². The molecule has 0 radical (unpaired) electrons. The third kappa shape index (κ3) is 3.92. The van der Waals surface area contributed by atoms with Gasteiger partial charge in [0.15, 0.2) is 5.78 Å². The number of hydrogen-bond acceptors (Lipinski definition) is 3. The summed E-state index contributed by atoms with van der Waals surface area (Å²) in [5.74, 6) is -0.499. The fraction of sp³-hybridized carbons (Fsp3) is 0.200. The summed E-state index contributed by atoms with van der Waals surface area (Å²) in [6, 6.07) is 22.6. The molecule has 3 aromatic carbocycles. The maximum atomic E-state index is 12.8. The van der Waals surface area contributed by atoms with Crippen molar-refractivity contribution in [1.29, 1.82) is 0 Å². The van der Waals surface area contributed by atoms with Crippen LogP contribution in [0, 0.1) is 0 Å². The number of ketones is 1. The second-order valence-corrected chi connectivity index (χ2v) is 7.55. The summed E-state index contributed by atoms with van der Waals surface area (Å²) in [4.78, 5) is 27.8. The van der Waals surface area contributed by atoms with E-state index in [1.165, 1.54) is 11.3 Å². The molecule has 4 rings (SSSR count). The third-order valence-corrected chi connectivity index (χ3v) is 5.56. The van der Waals surface area contributed by atoms with Gasteiger partial charge in [-0.3, -0.25) is 9.59 Å². The van der Waals surface area contributed by atoms with E-state index in [0.29, 0.717) is 11.1 Å². The fourth-order valence-electron chi connectivity index (χ4n) is 3.72. The lowest BCUT2D eigenvalue weighted by Gasteiger charge is -2.16. The van der Waals surface area contributed by atoms with E-state index in [2.05, 4.69) is 23.3 Å². The van der Waals surface area contributed by atoms with Crippen LogP contribution in [0.1, 0.15) is 39.9 Å². The summed E-state index contributed by atoms with van der Waals surface area (Å²) < 4.78 is 0. The average Bonchev–Trinajstić information content (AvgIpc) is 3.13. The molecule has 4 heteroatoms. The van der Waals surface area contributed by atoms with E-state index in [1.54, 1.807) is 18.2 Å².